The number of carbonyl (C=O) groups excluding carboxylic acids is 3. The minimum absolute atomic E-state index is 0.0209. The van der Waals surface area contributed by atoms with Crippen LogP contribution in [0, 0.1) is 0 Å². The number of aliphatic carboxylic acids is 1. The Kier molecular flexibility index (Phi) is 45.5. The van der Waals surface area contributed by atoms with Gasteiger partial charge in [0.25, 0.3) is 0 Å². The second kappa shape index (κ2) is 48.4. The molecule has 380 valence electrons. The molecule has 67 heavy (non-hydrogen) atoms. The van der Waals surface area contributed by atoms with Crippen LogP contribution in [0.15, 0.2) is 109 Å². The summed E-state index contributed by atoms with van der Waals surface area (Å²) in [6.07, 6.45) is 66.8. The molecular formula is C59H97NO7. The molecule has 8 nitrogen and oxygen atoms in total. The fourth-order valence-corrected chi connectivity index (χ4v) is 7.08. The smallest absolute Gasteiger partial charge is 0.306 e. The molecule has 0 aromatic heterocycles. The van der Waals surface area contributed by atoms with Crippen LogP contribution >= 0.6 is 0 Å². The Bertz CT molecular complexity index is 1460. The van der Waals surface area contributed by atoms with Gasteiger partial charge in [0, 0.05) is 19.3 Å². The zero-order valence-corrected chi connectivity index (χ0v) is 43.3. The maximum absolute atomic E-state index is 12.8. The number of carbonyl (C=O) groups is 3. The van der Waals surface area contributed by atoms with Crippen molar-refractivity contribution in [1.29, 1.82) is 0 Å². The van der Waals surface area contributed by atoms with E-state index in [0.717, 1.165) is 122 Å². The molecule has 0 aromatic carbocycles. The van der Waals surface area contributed by atoms with E-state index in [1.165, 1.54) is 38.5 Å². The van der Waals surface area contributed by atoms with Crippen molar-refractivity contribution in [1.82, 2.24) is 0 Å². The highest BCUT2D eigenvalue weighted by molar-refractivity contribution is 5.70. The highest BCUT2D eigenvalue weighted by Gasteiger charge is 2.25. The van der Waals surface area contributed by atoms with E-state index in [9.17, 15) is 19.5 Å². The molecule has 0 N–H and O–H groups in total. The van der Waals surface area contributed by atoms with Crippen molar-refractivity contribution in [3.05, 3.63) is 109 Å². The zero-order chi connectivity index (χ0) is 49.2. The van der Waals surface area contributed by atoms with Gasteiger partial charge in [-0.3, -0.25) is 9.59 Å². The summed E-state index contributed by atoms with van der Waals surface area (Å²) < 4.78 is 17.2. The maximum Gasteiger partial charge on any atom is 0.306 e. The molecule has 8 heteroatoms. The SMILES string of the molecule is CC/C=C/C/C=C/C/C=C/C/C=C/C/C=C/CCCCCCCCC(=O)OCC(COCCC(C(=O)[O-])[N+](C)(C)C)OC(=O)CCCCCCC/C=C/C/C=C/C/C=C/C/C=C/CCCCC. The van der Waals surface area contributed by atoms with Gasteiger partial charge >= 0.3 is 11.9 Å². The predicted octanol–water partition coefficient (Wildman–Crippen LogP) is 14.3. The normalized spacial score (nSPS) is 13.7. The van der Waals surface area contributed by atoms with Gasteiger partial charge in [0.05, 0.1) is 40.3 Å². The standard InChI is InChI=1S/C59H97NO7/c1-6-8-10-12-14-16-18-20-22-24-26-28-30-31-33-35-37-39-41-43-45-47-49-57(61)66-54-55(53-65-52-51-56(59(63)64)60(3,4)5)67-58(62)50-48-46-44-42-40-38-36-34-32-29-27-25-23-21-19-17-15-13-11-9-7-2/h8,10,14-17,20-23,26-29,31,33-34,36,55-56H,6-7,9,11-13,18-19,24-25,30,32,35,37-54H2,1-5H3/b10-8+,16-14+,17-15+,22-20+,23-21+,28-26+,29-27+,33-31+,36-34+. The van der Waals surface area contributed by atoms with Crippen LogP contribution in [-0.4, -0.2) is 75.5 Å². The van der Waals surface area contributed by atoms with Crippen LogP contribution < -0.4 is 5.11 Å². The van der Waals surface area contributed by atoms with Crippen molar-refractivity contribution in [3.63, 3.8) is 0 Å². The van der Waals surface area contributed by atoms with E-state index >= 15 is 0 Å². The quantitative estimate of drug-likeness (QED) is 0.0259. The average Bonchev–Trinajstić information content (AvgIpc) is 3.29. The van der Waals surface area contributed by atoms with Crippen molar-refractivity contribution in [2.45, 2.75) is 206 Å². The summed E-state index contributed by atoms with van der Waals surface area (Å²) in [5, 5.41) is 11.7. The number of unbranched alkanes of at least 4 members (excludes halogenated alkanes) is 14. The van der Waals surface area contributed by atoms with Crippen LogP contribution in [0.1, 0.15) is 194 Å². The third-order valence-electron chi connectivity index (χ3n) is 11.1. The first-order chi connectivity index (χ1) is 32.6. The number of rotatable bonds is 46. The Morgan fingerprint density at radius 2 is 0.836 bits per heavy atom. The van der Waals surface area contributed by atoms with E-state index in [1.807, 2.05) is 0 Å². The van der Waals surface area contributed by atoms with E-state index in [1.54, 1.807) is 21.1 Å². The number of likely N-dealkylation sites (N-methyl/N-ethyl adjacent to an activating group) is 1. The van der Waals surface area contributed by atoms with E-state index in [2.05, 4.69) is 123 Å². The van der Waals surface area contributed by atoms with Crippen molar-refractivity contribution in [2.24, 2.45) is 0 Å². The van der Waals surface area contributed by atoms with E-state index in [-0.39, 0.29) is 49.1 Å². The van der Waals surface area contributed by atoms with Crippen LogP contribution in [0.4, 0.5) is 0 Å². The second-order valence-corrected chi connectivity index (χ2v) is 18.4. The van der Waals surface area contributed by atoms with Crippen LogP contribution in [0.5, 0.6) is 0 Å². The molecule has 2 unspecified atom stereocenters. The zero-order valence-electron chi connectivity index (χ0n) is 43.3. The fraction of sp³-hybridized carbons (Fsp3) is 0.644. The monoisotopic (exact) mass is 932 g/mol. The lowest BCUT2D eigenvalue weighted by molar-refractivity contribution is -0.889. The average molecular weight is 932 g/mol. The summed E-state index contributed by atoms with van der Waals surface area (Å²) in [6.45, 7) is 4.48. The molecule has 0 heterocycles. The van der Waals surface area contributed by atoms with Gasteiger partial charge in [-0.05, 0) is 103 Å². The number of ether oxygens (including phenoxy) is 3. The van der Waals surface area contributed by atoms with Crippen LogP contribution in [0.2, 0.25) is 0 Å². The largest absolute Gasteiger partial charge is 0.544 e. The Labute approximate surface area is 410 Å². The molecule has 0 aliphatic heterocycles. The number of hydrogen-bond acceptors (Lipinski definition) is 7. The third kappa shape index (κ3) is 46.9. The van der Waals surface area contributed by atoms with Gasteiger partial charge in [-0.25, -0.2) is 0 Å². The van der Waals surface area contributed by atoms with Gasteiger partial charge in [0.15, 0.2) is 6.10 Å². The lowest BCUT2D eigenvalue weighted by Gasteiger charge is -2.34. The third-order valence-corrected chi connectivity index (χ3v) is 11.1. The van der Waals surface area contributed by atoms with Crippen molar-refractivity contribution in [2.75, 3.05) is 41.0 Å². The summed E-state index contributed by atoms with van der Waals surface area (Å²) >= 11 is 0. The number of carboxylic acid groups (broad SMARTS) is 1. The van der Waals surface area contributed by atoms with E-state index in [4.69, 9.17) is 14.2 Å². The second-order valence-electron chi connectivity index (χ2n) is 18.4. The highest BCUT2D eigenvalue weighted by atomic mass is 16.6. The van der Waals surface area contributed by atoms with Gasteiger partial charge in [0.2, 0.25) is 0 Å². The molecule has 0 rings (SSSR count). The number of allylic oxidation sites excluding steroid dienone is 18. The lowest BCUT2D eigenvalue weighted by atomic mass is 10.1. The first-order valence-corrected chi connectivity index (χ1v) is 26.4. The predicted molar refractivity (Wildman–Crippen MR) is 281 cm³/mol. The Morgan fingerprint density at radius 1 is 0.463 bits per heavy atom. The number of hydrogen-bond donors (Lipinski definition) is 0. The molecular weight excluding hydrogens is 835 g/mol. The highest BCUT2D eigenvalue weighted by Crippen LogP contribution is 2.13. The Morgan fingerprint density at radius 3 is 1.24 bits per heavy atom. The van der Waals surface area contributed by atoms with E-state index in [0.29, 0.717) is 6.42 Å². The minimum Gasteiger partial charge on any atom is -0.544 e. The van der Waals surface area contributed by atoms with Gasteiger partial charge in [-0.2, -0.15) is 0 Å². The Balaban J connectivity index is 4.34. The van der Waals surface area contributed by atoms with Gasteiger partial charge in [0.1, 0.15) is 12.6 Å². The molecule has 0 spiro atoms. The summed E-state index contributed by atoms with van der Waals surface area (Å²) in [5.74, 6) is -1.79. The molecule has 0 bridgehead atoms. The summed E-state index contributed by atoms with van der Waals surface area (Å²) in [4.78, 5) is 37.1. The summed E-state index contributed by atoms with van der Waals surface area (Å²) in [7, 11) is 5.39. The molecule has 0 aliphatic rings. The molecule has 0 fully saturated rings. The summed E-state index contributed by atoms with van der Waals surface area (Å²) in [5.41, 5.74) is 0. The lowest BCUT2D eigenvalue weighted by Crippen LogP contribution is -2.55. The molecule has 0 aromatic rings. The molecule has 0 saturated carbocycles. The summed E-state index contributed by atoms with van der Waals surface area (Å²) in [6, 6.07) is -0.740. The first-order valence-electron chi connectivity index (χ1n) is 26.4. The number of nitrogens with zero attached hydrogens (tertiary/aromatic N) is 1. The first kappa shape index (κ1) is 63.0. The maximum atomic E-state index is 12.8. The van der Waals surface area contributed by atoms with Crippen molar-refractivity contribution >= 4 is 17.9 Å². The van der Waals surface area contributed by atoms with Gasteiger partial charge < -0.3 is 28.6 Å². The molecule has 0 aliphatic carbocycles. The number of quaternary nitrogens is 1. The van der Waals surface area contributed by atoms with Crippen molar-refractivity contribution in [3.8, 4) is 0 Å². The van der Waals surface area contributed by atoms with Gasteiger partial charge in [-0.15, -0.1) is 0 Å². The van der Waals surface area contributed by atoms with E-state index < -0.39 is 18.1 Å². The molecule has 2 atom stereocenters. The Hall–Kier alpha value is -4.01. The van der Waals surface area contributed by atoms with Gasteiger partial charge in [-0.1, -0.05) is 181 Å². The molecule has 0 radical (unpaired) electrons. The topological polar surface area (TPSA) is 102 Å². The number of carboxylic acids is 1. The number of esters is 2. The molecule has 0 amide bonds. The van der Waals surface area contributed by atoms with Crippen LogP contribution in [0.25, 0.3) is 0 Å². The minimum atomic E-state index is -1.13. The fourth-order valence-electron chi connectivity index (χ4n) is 7.08. The van der Waals surface area contributed by atoms with Crippen LogP contribution in [0.3, 0.4) is 0 Å². The van der Waals surface area contributed by atoms with Crippen molar-refractivity contribution < 1.29 is 38.2 Å². The van der Waals surface area contributed by atoms with Crippen LogP contribution in [-0.2, 0) is 28.6 Å². The molecule has 0 saturated heterocycles.